The molecule has 3 N–H and O–H groups in total. The summed E-state index contributed by atoms with van der Waals surface area (Å²) in [5.74, 6) is 0. The summed E-state index contributed by atoms with van der Waals surface area (Å²) >= 11 is 1.59. The van der Waals surface area contributed by atoms with Crippen molar-refractivity contribution in [3.8, 4) is 0 Å². The van der Waals surface area contributed by atoms with Gasteiger partial charge in [-0.15, -0.1) is 11.8 Å². The third-order valence-corrected chi connectivity index (χ3v) is 3.86. The Labute approximate surface area is 105 Å². The van der Waals surface area contributed by atoms with Crippen molar-refractivity contribution >= 4 is 17.4 Å². The first-order valence-electron chi connectivity index (χ1n) is 5.48. The van der Waals surface area contributed by atoms with Crippen LogP contribution in [-0.4, -0.2) is 11.7 Å². The minimum Gasteiger partial charge on any atom is -0.398 e. The number of nitrogen functional groups attached to an aromatic ring is 1. The molecule has 0 bridgehead atoms. The van der Waals surface area contributed by atoms with Crippen LogP contribution in [0.3, 0.4) is 0 Å². The van der Waals surface area contributed by atoms with Crippen LogP contribution in [-0.2, 0) is 0 Å². The van der Waals surface area contributed by atoms with Crippen molar-refractivity contribution in [2.24, 2.45) is 0 Å². The van der Waals surface area contributed by atoms with Gasteiger partial charge in [0, 0.05) is 10.6 Å². The number of aliphatic hydroxyl groups is 1. The first kappa shape index (κ1) is 12.0. The fourth-order valence-corrected chi connectivity index (χ4v) is 2.66. The Morgan fingerprint density at radius 3 is 2.29 bits per heavy atom. The van der Waals surface area contributed by atoms with E-state index < -0.39 is 0 Å². The van der Waals surface area contributed by atoms with Crippen LogP contribution in [0.1, 0.15) is 10.8 Å². The summed E-state index contributed by atoms with van der Waals surface area (Å²) in [6, 6.07) is 17.7. The molecular formula is C14H15NOS. The molecule has 0 heterocycles. The number of nitrogens with two attached hydrogens (primary N) is 1. The lowest BCUT2D eigenvalue weighted by Crippen LogP contribution is -2.00. The average Bonchev–Trinajstić information content (AvgIpc) is 2.39. The standard InChI is InChI=1S/C14H15NOS/c15-12-8-4-5-9-13(12)17-14(10-16)11-6-2-1-3-7-11/h1-9,14,16H,10,15H2. The van der Waals surface area contributed by atoms with E-state index in [9.17, 15) is 5.11 Å². The van der Waals surface area contributed by atoms with E-state index in [0.29, 0.717) is 0 Å². The maximum Gasteiger partial charge on any atom is 0.0594 e. The molecule has 0 aliphatic rings. The molecule has 0 fully saturated rings. The number of thioether (sulfide) groups is 1. The van der Waals surface area contributed by atoms with Crippen molar-refractivity contribution in [2.45, 2.75) is 10.1 Å². The topological polar surface area (TPSA) is 46.2 Å². The van der Waals surface area contributed by atoms with Gasteiger partial charge in [-0.1, -0.05) is 42.5 Å². The molecule has 2 rings (SSSR count). The molecule has 0 aliphatic heterocycles. The van der Waals surface area contributed by atoms with E-state index in [2.05, 4.69) is 0 Å². The van der Waals surface area contributed by atoms with Crippen molar-refractivity contribution in [2.75, 3.05) is 12.3 Å². The molecular weight excluding hydrogens is 230 g/mol. The molecule has 17 heavy (non-hydrogen) atoms. The van der Waals surface area contributed by atoms with E-state index in [1.165, 1.54) is 0 Å². The van der Waals surface area contributed by atoms with E-state index in [-0.39, 0.29) is 11.9 Å². The summed E-state index contributed by atoms with van der Waals surface area (Å²) < 4.78 is 0. The summed E-state index contributed by atoms with van der Waals surface area (Å²) in [6.45, 7) is 0.100. The molecule has 0 saturated carbocycles. The van der Waals surface area contributed by atoms with Crippen LogP contribution in [0.5, 0.6) is 0 Å². The predicted molar refractivity (Wildman–Crippen MR) is 73.0 cm³/mol. The molecule has 1 atom stereocenters. The molecule has 0 amide bonds. The second-order valence-electron chi connectivity index (χ2n) is 3.74. The van der Waals surface area contributed by atoms with Gasteiger partial charge in [0.25, 0.3) is 0 Å². The Morgan fingerprint density at radius 2 is 1.65 bits per heavy atom. The third kappa shape index (κ3) is 3.02. The van der Waals surface area contributed by atoms with Gasteiger partial charge in [-0.2, -0.15) is 0 Å². The SMILES string of the molecule is Nc1ccccc1SC(CO)c1ccccc1. The number of rotatable bonds is 4. The van der Waals surface area contributed by atoms with Gasteiger partial charge >= 0.3 is 0 Å². The van der Waals surface area contributed by atoms with Gasteiger partial charge in [-0.05, 0) is 17.7 Å². The number of hydrogen-bond acceptors (Lipinski definition) is 3. The van der Waals surface area contributed by atoms with E-state index in [0.717, 1.165) is 16.1 Å². The van der Waals surface area contributed by atoms with E-state index in [1.54, 1.807) is 11.8 Å². The van der Waals surface area contributed by atoms with Crippen LogP contribution < -0.4 is 5.73 Å². The fourth-order valence-electron chi connectivity index (χ4n) is 1.62. The summed E-state index contributed by atoms with van der Waals surface area (Å²) in [5.41, 5.74) is 7.77. The number of anilines is 1. The fraction of sp³-hybridized carbons (Fsp3) is 0.143. The van der Waals surface area contributed by atoms with Crippen molar-refractivity contribution in [1.82, 2.24) is 0 Å². The summed E-state index contributed by atoms with van der Waals surface area (Å²) in [6.07, 6.45) is 0. The van der Waals surface area contributed by atoms with Gasteiger partial charge in [-0.3, -0.25) is 0 Å². The minimum atomic E-state index is 0.0286. The molecule has 0 radical (unpaired) electrons. The lowest BCUT2D eigenvalue weighted by atomic mass is 10.2. The van der Waals surface area contributed by atoms with Gasteiger partial charge in [0.05, 0.1) is 11.9 Å². The number of benzene rings is 2. The molecule has 0 spiro atoms. The average molecular weight is 245 g/mol. The second kappa shape index (κ2) is 5.75. The van der Waals surface area contributed by atoms with Crippen LogP contribution in [0.4, 0.5) is 5.69 Å². The zero-order chi connectivity index (χ0) is 12.1. The highest BCUT2D eigenvalue weighted by atomic mass is 32.2. The predicted octanol–water partition coefficient (Wildman–Crippen LogP) is 3.09. The summed E-state index contributed by atoms with van der Waals surface area (Å²) in [7, 11) is 0. The lowest BCUT2D eigenvalue weighted by Gasteiger charge is -2.15. The largest absolute Gasteiger partial charge is 0.398 e. The number of hydrogen-bond donors (Lipinski definition) is 2. The van der Waals surface area contributed by atoms with Gasteiger partial charge in [-0.25, -0.2) is 0 Å². The molecule has 88 valence electrons. The zero-order valence-corrected chi connectivity index (χ0v) is 10.2. The Bertz CT molecular complexity index is 473. The van der Waals surface area contributed by atoms with Crippen LogP contribution in [0, 0.1) is 0 Å². The first-order chi connectivity index (χ1) is 8.31. The molecule has 2 aromatic carbocycles. The monoisotopic (exact) mass is 245 g/mol. The van der Waals surface area contributed by atoms with Crippen LogP contribution >= 0.6 is 11.8 Å². The lowest BCUT2D eigenvalue weighted by molar-refractivity contribution is 0.296. The quantitative estimate of drug-likeness (QED) is 0.642. The molecule has 2 aromatic rings. The third-order valence-electron chi connectivity index (χ3n) is 2.53. The highest BCUT2D eigenvalue weighted by molar-refractivity contribution is 7.99. The highest BCUT2D eigenvalue weighted by Gasteiger charge is 2.12. The smallest absolute Gasteiger partial charge is 0.0594 e. The van der Waals surface area contributed by atoms with E-state index in [1.807, 2.05) is 54.6 Å². The Balaban J connectivity index is 2.19. The maximum absolute atomic E-state index is 9.47. The molecule has 0 aliphatic carbocycles. The van der Waals surface area contributed by atoms with Crippen LogP contribution in [0.2, 0.25) is 0 Å². The van der Waals surface area contributed by atoms with E-state index in [4.69, 9.17) is 5.73 Å². The van der Waals surface area contributed by atoms with Gasteiger partial charge in [0.2, 0.25) is 0 Å². The minimum absolute atomic E-state index is 0.0286. The van der Waals surface area contributed by atoms with Gasteiger partial charge < -0.3 is 10.8 Å². The molecule has 2 nitrogen and oxygen atoms in total. The molecule has 1 unspecified atom stereocenters. The molecule has 0 aromatic heterocycles. The second-order valence-corrected chi connectivity index (χ2v) is 4.98. The van der Waals surface area contributed by atoms with Crippen LogP contribution in [0.15, 0.2) is 59.5 Å². The first-order valence-corrected chi connectivity index (χ1v) is 6.36. The Hall–Kier alpha value is -1.45. The van der Waals surface area contributed by atoms with Crippen molar-refractivity contribution < 1.29 is 5.11 Å². The van der Waals surface area contributed by atoms with Gasteiger partial charge in [0.1, 0.15) is 0 Å². The van der Waals surface area contributed by atoms with Crippen LogP contribution in [0.25, 0.3) is 0 Å². The summed E-state index contributed by atoms with van der Waals surface area (Å²) in [4.78, 5) is 1.01. The van der Waals surface area contributed by atoms with Crippen molar-refractivity contribution in [1.29, 1.82) is 0 Å². The van der Waals surface area contributed by atoms with Crippen molar-refractivity contribution in [3.63, 3.8) is 0 Å². The van der Waals surface area contributed by atoms with Gasteiger partial charge in [0.15, 0.2) is 0 Å². The normalized spacial score (nSPS) is 12.3. The Kier molecular flexibility index (Phi) is 4.07. The van der Waals surface area contributed by atoms with E-state index >= 15 is 0 Å². The number of para-hydroxylation sites is 1. The number of aliphatic hydroxyl groups excluding tert-OH is 1. The molecule has 3 heteroatoms. The highest BCUT2D eigenvalue weighted by Crippen LogP contribution is 2.37. The van der Waals surface area contributed by atoms with Crippen molar-refractivity contribution in [3.05, 3.63) is 60.2 Å². The maximum atomic E-state index is 9.47. The zero-order valence-electron chi connectivity index (χ0n) is 9.41. The summed E-state index contributed by atoms with van der Waals surface area (Å²) in [5, 5.41) is 9.50. The molecule has 0 saturated heterocycles. The Morgan fingerprint density at radius 1 is 1.00 bits per heavy atom.